The molecule has 0 bridgehead atoms. The molecule has 9 heteroatoms. The van der Waals surface area contributed by atoms with E-state index in [0.717, 1.165) is 49.8 Å². The molecule has 2 fully saturated rings. The quantitative estimate of drug-likeness (QED) is 0.138. The van der Waals surface area contributed by atoms with E-state index in [-0.39, 0.29) is 23.4 Å². The van der Waals surface area contributed by atoms with Crippen LogP contribution >= 0.6 is 0 Å². The van der Waals surface area contributed by atoms with E-state index < -0.39 is 5.79 Å². The molecular weight excluding hydrogens is 480 g/mol. The fraction of sp³-hybridized carbons (Fsp3) is 0.448. The van der Waals surface area contributed by atoms with Crippen LogP contribution in [0.2, 0.25) is 0 Å². The van der Waals surface area contributed by atoms with Crippen molar-refractivity contribution in [1.29, 1.82) is 5.41 Å². The van der Waals surface area contributed by atoms with Crippen molar-refractivity contribution in [2.24, 2.45) is 34.0 Å². The van der Waals surface area contributed by atoms with Crippen LogP contribution in [-0.2, 0) is 9.47 Å². The van der Waals surface area contributed by atoms with E-state index in [1.54, 1.807) is 30.3 Å². The Morgan fingerprint density at radius 3 is 2.53 bits per heavy atom. The van der Waals surface area contributed by atoms with Crippen molar-refractivity contribution in [1.82, 2.24) is 5.32 Å². The van der Waals surface area contributed by atoms with Gasteiger partial charge < -0.3 is 42.5 Å². The summed E-state index contributed by atoms with van der Waals surface area (Å²) in [6.45, 7) is 7.68. The number of nitrogens with two attached hydrogens (primary N) is 3. The van der Waals surface area contributed by atoms with Crippen molar-refractivity contribution < 1.29 is 14.6 Å². The summed E-state index contributed by atoms with van der Waals surface area (Å²) < 4.78 is 11.7. The number of aliphatic imine (C=N–C) groups is 1. The number of nitrogens with one attached hydrogen (secondary N) is 2. The molecule has 1 atom stereocenters. The first-order valence-corrected chi connectivity index (χ1v) is 13.2. The van der Waals surface area contributed by atoms with E-state index in [1.165, 1.54) is 6.21 Å². The summed E-state index contributed by atoms with van der Waals surface area (Å²) in [6.07, 6.45) is 11.9. The first-order chi connectivity index (χ1) is 18.3. The summed E-state index contributed by atoms with van der Waals surface area (Å²) in [7, 11) is 0. The summed E-state index contributed by atoms with van der Waals surface area (Å²) in [4.78, 5) is 4.77. The zero-order valence-corrected chi connectivity index (χ0v) is 22.3. The normalized spacial score (nSPS) is 19.2. The number of hydrogen-bond donors (Lipinski definition) is 6. The Morgan fingerprint density at radius 1 is 1.24 bits per heavy atom. The van der Waals surface area contributed by atoms with Crippen LogP contribution in [0.25, 0.3) is 5.70 Å². The standard InChI is InChI=1S/C29H42N6O3/c1-3-4-7-22(18-35-26(28(32)33)16-25(31)24-8-5-6-9-27(24)36)20(2)34-19-23(17-30)21-10-12-29(13-11-21)37-14-15-38-29/h3,5-6,8-9,16-17,19,21-22,30,35-36H,1,4,7,10-15,18,31-33H2,2H3/b23-19+,25-16-,30-17?,34-20?. The number of hydrogen-bond acceptors (Lipinski definition) is 9. The maximum atomic E-state index is 10.1. The van der Waals surface area contributed by atoms with Gasteiger partial charge in [0.25, 0.3) is 0 Å². The second-order valence-electron chi connectivity index (χ2n) is 9.86. The van der Waals surface area contributed by atoms with Gasteiger partial charge in [0, 0.05) is 54.7 Å². The lowest BCUT2D eigenvalue weighted by molar-refractivity contribution is -0.180. The maximum Gasteiger partial charge on any atom is 0.168 e. The lowest BCUT2D eigenvalue weighted by atomic mass is 9.81. The van der Waals surface area contributed by atoms with Crippen LogP contribution in [0.5, 0.6) is 5.75 Å². The van der Waals surface area contributed by atoms with Gasteiger partial charge in [0.1, 0.15) is 11.6 Å². The Kier molecular flexibility index (Phi) is 10.6. The average Bonchev–Trinajstić information content (AvgIpc) is 3.37. The third-order valence-corrected chi connectivity index (χ3v) is 7.29. The minimum absolute atomic E-state index is 0.0697. The summed E-state index contributed by atoms with van der Waals surface area (Å²) in [6, 6.07) is 6.82. The summed E-state index contributed by atoms with van der Waals surface area (Å²) in [5, 5.41) is 21.4. The molecule has 9 N–H and O–H groups in total. The van der Waals surface area contributed by atoms with Gasteiger partial charge in [-0.15, -0.1) is 6.58 Å². The lowest BCUT2D eigenvalue weighted by Crippen LogP contribution is -2.35. The molecule has 0 aromatic heterocycles. The highest BCUT2D eigenvalue weighted by molar-refractivity contribution is 5.86. The average molecular weight is 523 g/mol. The topological polar surface area (TPSA) is 165 Å². The van der Waals surface area contributed by atoms with Gasteiger partial charge in [0.2, 0.25) is 0 Å². The molecule has 1 spiro atoms. The molecule has 3 rings (SSSR count). The minimum atomic E-state index is -0.419. The molecule has 38 heavy (non-hydrogen) atoms. The predicted octanol–water partition coefficient (Wildman–Crippen LogP) is 3.88. The smallest absolute Gasteiger partial charge is 0.168 e. The summed E-state index contributed by atoms with van der Waals surface area (Å²) in [5.74, 6) is 0.0868. The van der Waals surface area contributed by atoms with Gasteiger partial charge in [-0.1, -0.05) is 18.2 Å². The first-order valence-electron chi connectivity index (χ1n) is 13.2. The Morgan fingerprint density at radius 2 is 1.92 bits per heavy atom. The monoisotopic (exact) mass is 522 g/mol. The second kappa shape index (κ2) is 13.8. The van der Waals surface area contributed by atoms with Crippen molar-refractivity contribution in [3.8, 4) is 5.75 Å². The van der Waals surface area contributed by atoms with Crippen LogP contribution in [-0.4, -0.2) is 42.6 Å². The van der Waals surface area contributed by atoms with Crippen molar-refractivity contribution in [2.45, 2.75) is 51.2 Å². The number of ether oxygens (including phenoxy) is 2. The van der Waals surface area contributed by atoms with E-state index in [4.69, 9.17) is 37.1 Å². The molecule has 1 aliphatic heterocycles. The minimum Gasteiger partial charge on any atom is -0.507 e. The molecule has 1 aromatic rings. The van der Waals surface area contributed by atoms with Gasteiger partial charge in [0.15, 0.2) is 5.79 Å². The van der Waals surface area contributed by atoms with E-state index in [9.17, 15) is 5.11 Å². The zero-order valence-electron chi connectivity index (χ0n) is 22.3. The lowest BCUT2D eigenvalue weighted by Gasteiger charge is -2.35. The number of nitrogens with zero attached hydrogens (tertiary/aromatic N) is 1. The number of benzene rings is 1. The van der Waals surface area contributed by atoms with Gasteiger partial charge in [-0.3, -0.25) is 4.99 Å². The molecule has 1 heterocycles. The maximum absolute atomic E-state index is 10.1. The van der Waals surface area contributed by atoms with Crippen molar-refractivity contribution in [3.63, 3.8) is 0 Å². The molecular formula is C29H42N6O3. The van der Waals surface area contributed by atoms with Crippen LogP contribution in [0.15, 0.2) is 71.3 Å². The van der Waals surface area contributed by atoms with Gasteiger partial charge in [0.05, 0.1) is 18.9 Å². The SMILES string of the molecule is C=CCCC(CNC(/C=C(\N)c1ccccc1O)=C(N)N)C(C)=N/C=C(\C=N)C1CCC2(CC1)OCCO2. The molecule has 9 nitrogen and oxygen atoms in total. The number of allylic oxidation sites excluding steroid dienone is 3. The molecule has 1 aromatic carbocycles. The van der Waals surface area contributed by atoms with Gasteiger partial charge in [-0.25, -0.2) is 0 Å². The largest absolute Gasteiger partial charge is 0.507 e. The number of rotatable bonds is 12. The zero-order chi connectivity index (χ0) is 27.5. The number of para-hydroxylation sites is 1. The molecule has 1 saturated heterocycles. The molecule has 1 aliphatic carbocycles. The molecule has 0 amide bonds. The second-order valence-corrected chi connectivity index (χ2v) is 9.86. The van der Waals surface area contributed by atoms with Gasteiger partial charge in [-0.05, 0) is 62.3 Å². The summed E-state index contributed by atoms with van der Waals surface area (Å²) in [5.41, 5.74) is 21.3. The van der Waals surface area contributed by atoms with Crippen LogP contribution in [0.1, 0.15) is 51.0 Å². The van der Waals surface area contributed by atoms with Crippen molar-refractivity contribution >= 4 is 17.6 Å². The Labute approximate surface area is 225 Å². The third kappa shape index (κ3) is 7.72. The van der Waals surface area contributed by atoms with Crippen LogP contribution < -0.4 is 22.5 Å². The van der Waals surface area contributed by atoms with Crippen LogP contribution in [0, 0.1) is 17.2 Å². The highest BCUT2D eigenvalue weighted by Gasteiger charge is 2.40. The molecule has 1 unspecified atom stereocenters. The van der Waals surface area contributed by atoms with Crippen LogP contribution in [0.3, 0.4) is 0 Å². The van der Waals surface area contributed by atoms with Crippen molar-refractivity contribution in [2.75, 3.05) is 19.8 Å². The highest BCUT2D eigenvalue weighted by atomic mass is 16.7. The fourth-order valence-corrected chi connectivity index (χ4v) is 4.92. The van der Waals surface area contributed by atoms with E-state index in [0.29, 0.717) is 36.7 Å². The molecule has 206 valence electrons. The number of phenols is 1. The predicted molar refractivity (Wildman–Crippen MR) is 153 cm³/mol. The van der Waals surface area contributed by atoms with Crippen molar-refractivity contribution in [3.05, 3.63) is 71.9 Å². The fourth-order valence-electron chi connectivity index (χ4n) is 4.92. The third-order valence-electron chi connectivity index (χ3n) is 7.29. The van der Waals surface area contributed by atoms with E-state index in [1.807, 2.05) is 19.2 Å². The summed E-state index contributed by atoms with van der Waals surface area (Å²) >= 11 is 0. The Balaban J connectivity index is 1.70. The number of aromatic hydroxyl groups is 1. The van der Waals surface area contributed by atoms with Gasteiger partial charge >= 0.3 is 0 Å². The molecule has 1 saturated carbocycles. The van der Waals surface area contributed by atoms with E-state index >= 15 is 0 Å². The first kappa shape index (κ1) is 29.0. The Hall–Kier alpha value is -3.56. The molecule has 2 aliphatic rings. The van der Waals surface area contributed by atoms with E-state index in [2.05, 4.69) is 11.9 Å². The highest BCUT2D eigenvalue weighted by Crippen LogP contribution is 2.40. The molecule has 0 radical (unpaired) electrons. The number of phenolic OH excluding ortho intramolecular Hbond substituents is 1. The van der Waals surface area contributed by atoms with Gasteiger partial charge in [-0.2, -0.15) is 0 Å². The van der Waals surface area contributed by atoms with Crippen LogP contribution in [0.4, 0.5) is 0 Å². The Bertz CT molecular complexity index is 1090.